The van der Waals surface area contributed by atoms with Gasteiger partial charge in [0.15, 0.2) is 11.7 Å². The largest absolute Gasteiger partial charge is 0.441 e. The van der Waals surface area contributed by atoms with E-state index in [-0.39, 0.29) is 12.3 Å². The van der Waals surface area contributed by atoms with E-state index in [9.17, 15) is 4.79 Å². The van der Waals surface area contributed by atoms with E-state index in [4.69, 9.17) is 27.6 Å². The van der Waals surface area contributed by atoms with E-state index in [0.717, 1.165) is 5.56 Å². The number of benzene rings is 2. The van der Waals surface area contributed by atoms with Crippen LogP contribution in [0.25, 0.3) is 11.3 Å². The van der Waals surface area contributed by atoms with Crippen molar-refractivity contribution < 1.29 is 9.21 Å². The van der Waals surface area contributed by atoms with Gasteiger partial charge in [0.05, 0.1) is 16.9 Å². The molecule has 0 saturated carbocycles. The van der Waals surface area contributed by atoms with E-state index in [0.29, 0.717) is 33.8 Å². The molecule has 3 aromatic rings. The Morgan fingerprint density at radius 3 is 2.67 bits per heavy atom. The predicted octanol–water partition coefficient (Wildman–Crippen LogP) is 5.22. The van der Waals surface area contributed by atoms with E-state index < -0.39 is 0 Å². The number of nitrogens with one attached hydrogen (secondary N) is 1. The van der Waals surface area contributed by atoms with Gasteiger partial charge in [0, 0.05) is 23.4 Å². The highest BCUT2D eigenvalue weighted by Crippen LogP contribution is 2.25. The Bertz CT molecular complexity index is 847. The van der Waals surface area contributed by atoms with E-state index in [1.54, 1.807) is 24.4 Å². The Morgan fingerprint density at radius 2 is 1.92 bits per heavy atom. The van der Waals surface area contributed by atoms with Crippen molar-refractivity contribution in [2.45, 2.75) is 12.8 Å². The van der Waals surface area contributed by atoms with Crippen LogP contribution in [0.5, 0.6) is 0 Å². The first-order valence-electron chi connectivity index (χ1n) is 7.37. The summed E-state index contributed by atoms with van der Waals surface area (Å²) in [5, 5.41) is 3.67. The molecule has 1 N–H and O–H groups in total. The molecule has 0 aliphatic rings. The first-order valence-corrected chi connectivity index (χ1v) is 8.12. The van der Waals surface area contributed by atoms with Gasteiger partial charge in [-0.1, -0.05) is 53.5 Å². The average Bonchev–Trinajstić information content (AvgIpc) is 3.05. The van der Waals surface area contributed by atoms with Crippen molar-refractivity contribution >= 4 is 34.8 Å². The van der Waals surface area contributed by atoms with Crippen LogP contribution < -0.4 is 5.32 Å². The minimum Gasteiger partial charge on any atom is -0.441 e. The summed E-state index contributed by atoms with van der Waals surface area (Å²) in [6.45, 7) is 0. The van der Waals surface area contributed by atoms with Crippen molar-refractivity contribution in [3.05, 3.63) is 70.7 Å². The molecule has 24 heavy (non-hydrogen) atoms. The summed E-state index contributed by atoms with van der Waals surface area (Å²) in [6.07, 6.45) is 2.32. The second-order valence-electron chi connectivity index (χ2n) is 5.16. The van der Waals surface area contributed by atoms with Crippen LogP contribution in [0, 0.1) is 0 Å². The Kier molecular flexibility index (Phi) is 5.18. The number of nitrogens with zero attached hydrogens (tertiary/aromatic N) is 1. The first-order chi connectivity index (χ1) is 11.6. The molecule has 0 fully saturated rings. The number of hydrogen-bond acceptors (Lipinski definition) is 3. The van der Waals surface area contributed by atoms with E-state index in [1.807, 2.05) is 30.3 Å². The van der Waals surface area contributed by atoms with Gasteiger partial charge in [-0.25, -0.2) is 4.98 Å². The van der Waals surface area contributed by atoms with Crippen molar-refractivity contribution in [2.75, 3.05) is 5.32 Å². The third kappa shape index (κ3) is 4.16. The number of aromatic nitrogens is 1. The van der Waals surface area contributed by atoms with Gasteiger partial charge in [0.2, 0.25) is 5.91 Å². The Hall–Kier alpha value is -2.30. The Balaban J connectivity index is 1.58. The smallest absolute Gasteiger partial charge is 0.224 e. The number of anilines is 1. The summed E-state index contributed by atoms with van der Waals surface area (Å²) in [5.74, 6) is 1.04. The second kappa shape index (κ2) is 7.51. The Morgan fingerprint density at radius 1 is 1.12 bits per heavy atom. The number of carbonyl (C=O) groups is 1. The highest BCUT2D eigenvalue weighted by Gasteiger charge is 2.10. The highest BCUT2D eigenvalue weighted by atomic mass is 35.5. The quantitative estimate of drug-likeness (QED) is 0.678. The molecule has 0 unspecified atom stereocenters. The van der Waals surface area contributed by atoms with Crippen molar-refractivity contribution in [1.82, 2.24) is 4.98 Å². The van der Waals surface area contributed by atoms with Crippen LogP contribution in [-0.2, 0) is 11.2 Å². The second-order valence-corrected chi connectivity index (χ2v) is 6.00. The molecule has 1 amide bonds. The lowest BCUT2D eigenvalue weighted by Crippen LogP contribution is -2.12. The Labute approximate surface area is 149 Å². The van der Waals surface area contributed by atoms with Gasteiger partial charge in [0.1, 0.15) is 0 Å². The van der Waals surface area contributed by atoms with Gasteiger partial charge in [-0.15, -0.1) is 0 Å². The summed E-state index contributed by atoms with van der Waals surface area (Å²) in [6, 6.07) is 14.6. The van der Waals surface area contributed by atoms with Crippen LogP contribution in [0.3, 0.4) is 0 Å². The normalized spacial score (nSPS) is 10.6. The van der Waals surface area contributed by atoms with Crippen LogP contribution in [-0.4, -0.2) is 10.9 Å². The van der Waals surface area contributed by atoms with Crippen molar-refractivity contribution in [3.63, 3.8) is 0 Å². The zero-order chi connectivity index (χ0) is 16.9. The van der Waals surface area contributed by atoms with E-state index >= 15 is 0 Å². The van der Waals surface area contributed by atoms with Crippen LogP contribution in [0.15, 0.2) is 59.1 Å². The number of rotatable bonds is 5. The fourth-order valence-corrected chi connectivity index (χ4v) is 2.64. The molecule has 0 bridgehead atoms. The van der Waals surface area contributed by atoms with Crippen molar-refractivity contribution in [1.29, 1.82) is 0 Å². The SMILES string of the molecule is O=C(CCc1ncc(-c2ccccc2)o1)Nc1ccc(Cl)cc1Cl. The molecule has 0 aliphatic heterocycles. The molecule has 2 aromatic carbocycles. The maximum Gasteiger partial charge on any atom is 0.224 e. The maximum absolute atomic E-state index is 12.0. The monoisotopic (exact) mass is 360 g/mol. The summed E-state index contributed by atoms with van der Waals surface area (Å²) in [7, 11) is 0. The third-order valence-electron chi connectivity index (χ3n) is 3.38. The van der Waals surface area contributed by atoms with E-state index in [2.05, 4.69) is 10.3 Å². The molecular weight excluding hydrogens is 347 g/mol. The zero-order valence-electron chi connectivity index (χ0n) is 12.6. The molecule has 6 heteroatoms. The van der Waals surface area contributed by atoms with Gasteiger partial charge in [-0.05, 0) is 18.2 Å². The number of oxazole rings is 1. The number of hydrogen-bond donors (Lipinski definition) is 1. The molecule has 1 aromatic heterocycles. The highest BCUT2D eigenvalue weighted by molar-refractivity contribution is 6.36. The number of halogens is 2. The topological polar surface area (TPSA) is 55.1 Å². The number of aryl methyl sites for hydroxylation is 1. The molecule has 0 atom stereocenters. The molecule has 1 heterocycles. The summed E-state index contributed by atoms with van der Waals surface area (Å²) < 4.78 is 5.68. The first kappa shape index (κ1) is 16.6. The van der Waals surface area contributed by atoms with Gasteiger partial charge in [0.25, 0.3) is 0 Å². The lowest BCUT2D eigenvalue weighted by molar-refractivity contribution is -0.116. The molecule has 0 spiro atoms. The summed E-state index contributed by atoms with van der Waals surface area (Å²) in [5.41, 5.74) is 1.48. The maximum atomic E-state index is 12.0. The molecule has 0 saturated heterocycles. The number of amides is 1. The van der Waals surface area contributed by atoms with Crippen molar-refractivity contribution in [3.8, 4) is 11.3 Å². The van der Waals surface area contributed by atoms with Crippen LogP contribution in [0.4, 0.5) is 5.69 Å². The van der Waals surface area contributed by atoms with Crippen LogP contribution in [0.2, 0.25) is 10.0 Å². The molecule has 0 radical (unpaired) electrons. The average molecular weight is 361 g/mol. The van der Waals surface area contributed by atoms with Gasteiger partial charge in [-0.3, -0.25) is 4.79 Å². The summed E-state index contributed by atoms with van der Waals surface area (Å²) in [4.78, 5) is 16.2. The molecule has 4 nitrogen and oxygen atoms in total. The molecule has 3 rings (SSSR count). The van der Waals surface area contributed by atoms with Crippen molar-refractivity contribution in [2.24, 2.45) is 0 Å². The minimum atomic E-state index is -0.168. The summed E-state index contributed by atoms with van der Waals surface area (Å²) >= 11 is 11.9. The fourth-order valence-electron chi connectivity index (χ4n) is 2.19. The predicted molar refractivity (Wildman–Crippen MR) is 95.4 cm³/mol. The standard InChI is InChI=1S/C18H14Cl2N2O2/c19-13-6-7-15(14(20)10-13)22-17(23)8-9-18-21-11-16(24-18)12-4-2-1-3-5-12/h1-7,10-11H,8-9H2,(H,22,23). The number of carbonyl (C=O) groups excluding carboxylic acids is 1. The third-order valence-corrected chi connectivity index (χ3v) is 3.93. The lowest BCUT2D eigenvalue weighted by Gasteiger charge is -2.06. The van der Waals surface area contributed by atoms with Crippen LogP contribution >= 0.6 is 23.2 Å². The van der Waals surface area contributed by atoms with Gasteiger partial charge in [-0.2, -0.15) is 0 Å². The van der Waals surface area contributed by atoms with E-state index in [1.165, 1.54) is 0 Å². The minimum absolute atomic E-state index is 0.168. The molecular formula is C18H14Cl2N2O2. The molecule has 0 aliphatic carbocycles. The van der Waals surface area contributed by atoms with Crippen LogP contribution in [0.1, 0.15) is 12.3 Å². The lowest BCUT2D eigenvalue weighted by atomic mass is 10.2. The van der Waals surface area contributed by atoms with Gasteiger partial charge < -0.3 is 9.73 Å². The fraction of sp³-hybridized carbons (Fsp3) is 0.111. The molecule has 122 valence electrons. The zero-order valence-corrected chi connectivity index (χ0v) is 14.1. The van der Waals surface area contributed by atoms with Gasteiger partial charge >= 0.3 is 0 Å².